The Hall–Kier alpha value is -1.74. The van der Waals surface area contributed by atoms with E-state index in [-0.39, 0.29) is 16.6 Å². The summed E-state index contributed by atoms with van der Waals surface area (Å²) in [5.41, 5.74) is 2.33. The summed E-state index contributed by atoms with van der Waals surface area (Å²) >= 11 is 0. The molecule has 0 amide bonds. The summed E-state index contributed by atoms with van der Waals surface area (Å²) in [7, 11) is -2.27. The second kappa shape index (κ2) is 7.65. The Balaban J connectivity index is 3.77. The second-order valence-corrected chi connectivity index (χ2v) is 12.8. The maximum absolute atomic E-state index is 14.2. The fraction of sp³-hybridized carbons (Fsp3) is 0.526. The molecule has 0 heterocycles. The van der Waals surface area contributed by atoms with Gasteiger partial charge in [-0.25, -0.2) is 13.2 Å². The molecule has 1 aromatic carbocycles. The van der Waals surface area contributed by atoms with Gasteiger partial charge < -0.3 is 5.11 Å². The van der Waals surface area contributed by atoms with Crippen molar-refractivity contribution in [1.29, 1.82) is 0 Å². The molecule has 6 heteroatoms. The Morgan fingerprint density at radius 2 is 1.36 bits per heavy atom. The summed E-state index contributed by atoms with van der Waals surface area (Å²) in [6.07, 6.45) is 0. The van der Waals surface area contributed by atoms with E-state index in [2.05, 4.69) is 11.5 Å². The van der Waals surface area contributed by atoms with Gasteiger partial charge in [0.25, 0.3) is 0 Å². The summed E-state index contributed by atoms with van der Waals surface area (Å²) in [6, 6.07) is 0. The number of rotatable bonds is 4. The van der Waals surface area contributed by atoms with Crippen molar-refractivity contribution in [2.24, 2.45) is 0 Å². The lowest BCUT2D eigenvalue weighted by Crippen LogP contribution is -2.43. The van der Waals surface area contributed by atoms with Crippen LogP contribution in [-0.4, -0.2) is 19.0 Å². The van der Waals surface area contributed by atoms with Gasteiger partial charge in [0.2, 0.25) is 0 Å². The van der Waals surface area contributed by atoms with E-state index < -0.39 is 48.2 Å². The van der Waals surface area contributed by atoms with E-state index in [0.29, 0.717) is 0 Å². The normalized spacial score (nSPS) is 11.9. The predicted molar refractivity (Wildman–Crippen MR) is 95.9 cm³/mol. The molecule has 0 aliphatic carbocycles. The molecule has 0 fully saturated rings. The minimum atomic E-state index is -2.27. The molecule has 0 spiro atoms. The van der Waals surface area contributed by atoms with E-state index in [0.717, 1.165) is 6.92 Å². The third-order valence-corrected chi connectivity index (χ3v) is 11.2. The van der Waals surface area contributed by atoms with Gasteiger partial charge in [0.05, 0.1) is 5.56 Å². The highest BCUT2D eigenvalue weighted by Crippen LogP contribution is 2.41. The van der Waals surface area contributed by atoms with E-state index in [1.165, 1.54) is 0 Å². The van der Waals surface area contributed by atoms with E-state index in [4.69, 9.17) is 0 Å². The summed E-state index contributed by atoms with van der Waals surface area (Å²) in [6.45, 7) is 13.2. The monoisotopic (exact) mass is 370 g/mol. The number of carbonyl (C=O) groups is 1. The Morgan fingerprint density at radius 1 is 0.920 bits per heavy atom. The fourth-order valence-electron chi connectivity index (χ4n) is 3.69. The molecule has 1 N–H and O–H groups in total. The van der Waals surface area contributed by atoms with Crippen LogP contribution in [-0.2, 0) is 0 Å². The quantitative estimate of drug-likeness (QED) is 0.325. The van der Waals surface area contributed by atoms with Crippen molar-refractivity contribution in [3.8, 4) is 17.2 Å². The van der Waals surface area contributed by atoms with Crippen molar-refractivity contribution in [2.45, 2.75) is 65.1 Å². The first-order valence-electron chi connectivity index (χ1n) is 8.32. The maximum atomic E-state index is 14.2. The predicted octanol–water partition coefficient (Wildman–Crippen LogP) is 5.58. The van der Waals surface area contributed by atoms with E-state index in [1.807, 2.05) is 41.5 Å². The highest BCUT2D eigenvalue weighted by Gasteiger charge is 2.42. The van der Waals surface area contributed by atoms with Crippen LogP contribution in [0.5, 0.6) is 5.75 Å². The third-order valence-electron chi connectivity index (χ3n) is 4.92. The number of hydrogen-bond acceptors (Lipinski definition) is 2. The van der Waals surface area contributed by atoms with Crippen LogP contribution in [0.4, 0.5) is 13.2 Å². The molecule has 1 rings (SSSR count). The topological polar surface area (TPSA) is 37.3 Å². The molecule has 138 valence electrons. The van der Waals surface area contributed by atoms with Gasteiger partial charge in [-0.15, -0.1) is 5.54 Å². The Labute approximate surface area is 148 Å². The van der Waals surface area contributed by atoms with Crippen molar-refractivity contribution in [2.75, 3.05) is 0 Å². The van der Waals surface area contributed by atoms with Gasteiger partial charge in [0.1, 0.15) is 19.4 Å². The minimum absolute atomic E-state index is 0.239. The van der Waals surface area contributed by atoms with E-state index >= 15 is 0 Å². The van der Waals surface area contributed by atoms with Crippen LogP contribution >= 0.6 is 0 Å². The molecule has 0 atom stereocenters. The molecule has 0 aliphatic heterocycles. The van der Waals surface area contributed by atoms with Crippen LogP contribution in [0.25, 0.3) is 0 Å². The average Bonchev–Trinajstić information content (AvgIpc) is 2.47. The number of aromatic hydroxyl groups is 1. The molecule has 0 aliphatic rings. The first kappa shape index (κ1) is 21.3. The van der Waals surface area contributed by atoms with Gasteiger partial charge in [-0.05, 0) is 23.5 Å². The van der Waals surface area contributed by atoms with Crippen molar-refractivity contribution in [3.63, 3.8) is 0 Å². The first-order chi connectivity index (χ1) is 11.4. The van der Waals surface area contributed by atoms with Crippen molar-refractivity contribution >= 4 is 13.9 Å². The first-order valence-corrected chi connectivity index (χ1v) is 10.6. The van der Waals surface area contributed by atoms with Crippen LogP contribution in [0, 0.1) is 28.9 Å². The van der Waals surface area contributed by atoms with Crippen molar-refractivity contribution in [3.05, 3.63) is 28.6 Å². The average molecular weight is 370 g/mol. The molecule has 0 saturated carbocycles. The van der Waals surface area contributed by atoms with Crippen LogP contribution in [0.3, 0.4) is 0 Å². The molecular weight excluding hydrogens is 345 g/mol. The van der Waals surface area contributed by atoms with Crippen molar-refractivity contribution in [1.82, 2.24) is 0 Å². The molecule has 0 bridgehead atoms. The van der Waals surface area contributed by atoms with Crippen LogP contribution < -0.4 is 0 Å². The summed E-state index contributed by atoms with van der Waals surface area (Å²) < 4.78 is 41.8. The number of benzene rings is 1. The molecular formula is C19H25F3O2Si. The molecule has 0 aromatic heterocycles. The van der Waals surface area contributed by atoms with E-state index in [9.17, 15) is 23.1 Å². The zero-order valence-corrected chi connectivity index (χ0v) is 16.7. The van der Waals surface area contributed by atoms with Gasteiger partial charge in [0, 0.05) is 0 Å². The lowest BCUT2D eigenvalue weighted by atomic mass is 10.0. The van der Waals surface area contributed by atoms with Gasteiger partial charge in [-0.2, -0.15) is 0 Å². The standard InChI is InChI=1S/C19H25F3O2Si/c1-10(2)25(11(3)4,12(5)6)9-8-14-16(20)18(22)17(21)15(13(7)23)19(14)24/h10-12,24H,1-7H3. The highest BCUT2D eigenvalue weighted by molar-refractivity contribution is 6.90. The van der Waals surface area contributed by atoms with Crippen LogP contribution in [0.15, 0.2) is 0 Å². The molecule has 1 aromatic rings. The maximum Gasteiger partial charge on any atom is 0.196 e. The lowest BCUT2D eigenvalue weighted by molar-refractivity contribution is 0.100. The highest BCUT2D eigenvalue weighted by atomic mass is 28.3. The molecule has 2 nitrogen and oxygen atoms in total. The Morgan fingerprint density at radius 3 is 1.72 bits per heavy atom. The molecule has 0 radical (unpaired) electrons. The Kier molecular flexibility index (Phi) is 6.52. The zero-order chi connectivity index (χ0) is 19.7. The number of halogens is 3. The largest absolute Gasteiger partial charge is 0.506 e. The smallest absolute Gasteiger partial charge is 0.196 e. The number of Topliss-reactive ketones (excluding diaryl/α,β-unsaturated/α-hetero) is 1. The molecule has 0 saturated heterocycles. The van der Waals surface area contributed by atoms with E-state index in [1.54, 1.807) is 0 Å². The van der Waals surface area contributed by atoms with Crippen molar-refractivity contribution < 1.29 is 23.1 Å². The van der Waals surface area contributed by atoms with Crippen LogP contribution in [0.2, 0.25) is 16.6 Å². The van der Waals surface area contributed by atoms with Crippen LogP contribution in [0.1, 0.15) is 64.4 Å². The second-order valence-electron chi connectivity index (χ2n) is 7.24. The molecule has 25 heavy (non-hydrogen) atoms. The minimum Gasteiger partial charge on any atom is -0.506 e. The summed E-state index contributed by atoms with van der Waals surface area (Å²) in [5, 5.41) is 10.1. The van der Waals surface area contributed by atoms with Gasteiger partial charge >= 0.3 is 0 Å². The summed E-state index contributed by atoms with van der Waals surface area (Å²) in [4.78, 5) is 11.5. The number of hydrogen-bond donors (Lipinski definition) is 1. The fourth-order valence-corrected chi connectivity index (χ4v) is 8.90. The third kappa shape index (κ3) is 3.62. The number of phenols is 1. The Bertz CT molecular complexity index is 722. The summed E-state index contributed by atoms with van der Waals surface area (Å²) in [5.74, 6) is -4.31. The SMILES string of the molecule is CC(=O)c1c(O)c(C#C[Si](C(C)C)(C(C)C)C(C)C)c(F)c(F)c1F. The van der Waals surface area contributed by atoms with Gasteiger partial charge in [-0.1, -0.05) is 47.5 Å². The number of carbonyl (C=O) groups excluding carboxylic acids is 1. The molecule has 0 unspecified atom stereocenters. The lowest BCUT2D eigenvalue weighted by Gasteiger charge is -2.38. The number of ketones is 1. The van der Waals surface area contributed by atoms with Gasteiger partial charge in [0.15, 0.2) is 23.2 Å². The zero-order valence-electron chi connectivity index (χ0n) is 15.7. The van der Waals surface area contributed by atoms with Gasteiger partial charge in [-0.3, -0.25) is 4.79 Å². The number of phenolic OH excluding ortho intramolecular Hbond substituents is 1.